The standard InChI is InChI=1S/C15H20N2O2S/c1-12(18)17-6-9-20-15-3-2-14(10-13(15)11-17)16-4-7-19-8-5-16/h2-3,10H,4-9,11H2,1H3. The van der Waals surface area contributed by atoms with Gasteiger partial charge in [-0.2, -0.15) is 0 Å². The molecule has 1 amide bonds. The Morgan fingerprint density at radius 1 is 1.25 bits per heavy atom. The number of ether oxygens (including phenoxy) is 1. The van der Waals surface area contributed by atoms with E-state index in [2.05, 4.69) is 23.1 Å². The number of fused-ring (bicyclic) bond motifs is 1. The third-order valence-electron chi connectivity index (χ3n) is 3.85. The Bertz CT molecular complexity index is 501. The summed E-state index contributed by atoms with van der Waals surface area (Å²) in [5.74, 6) is 1.14. The van der Waals surface area contributed by atoms with Crippen LogP contribution in [0.25, 0.3) is 0 Å². The summed E-state index contributed by atoms with van der Waals surface area (Å²) < 4.78 is 5.40. The van der Waals surface area contributed by atoms with Gasteiger partial charge in [-0.05, 0) is 23.8 Å². The Kier molecular flexibility index (Phi) is 4.17. The highest BCUT2D eigenvalue weighted by molar-refractivity contribution is 7.99. The van der Waals surface area contributed by atoms with Gasteiger partial charge in [0.2, 0.25) is 5.91 Å². The van der Waals surface area contributed by atoms with Crippen molar-refractivity contribution in [2.45, 2.75) is 18.4 Å². The van der Waals surface area contributed by atoms with Gasteiger partial charge in [0.05, 0.1) is 13.2 Å². The smallest absolute Gasteiger partial charge is 0.219 e. The maximum absolute atomic E-state index is 11.6. The number of anilines is 1. The largest absolute Gasteiger partial charge is 0.378 e. The van der Waals surface area contributed by atoms with Gasteiger partial charge in [0.15, 0.2) is 0 Å². The normalized spacial score (nSPS) is 19.4. The van der Waals surface area contributed by atoms with Gasteiger partial charge in [0.25, 0.3) is 0 Å². The van der Waals surface area contributed by atoms with Crippen LogP contribution in [0.1, 0.15) is 12.5 Å². The summed E-state index contributed by atoms with van der Waals surface area (Å²) in [5, 5.41) is 0. The molecule has 1 aromatic rings. The minimum atomic E-state index is 0.162. The molecule has 0 spiro atoms. The van der Waals surface area contributed by atoms with Crippen molar-refractivity contribution in [1.82, 2.24) is 4.90 Å². The molecule has 1 saturated heterocycles. The molecule has 1 fully saturated rings. The van der Waals surface area contributed by atoms with Gasteiger partial charge in [0, 0.05) is 49.4 Å². The van der Waals surface area contributed by atoms with E-state index in [4.69, 9.17) is 4.74 Å². The molecule has 0 aromatic heterocycles. The first-order valence-corrected chi connectivity index (χ1v) is 8.06. The molecule has 2 aliphatic heterocycles. The van der Waals surface area contributed by atoms with Gasteiger partial charge in [0.1, 0.15) is 0 Å². The molecule has 2 heterocycles. The van der Waals surface area contributed by atoms with E-state index in [1.165, 1.54) is 16.1 Å². The number of morpholine rings is 1. The summed E-state index contributed by atoms with van der Waals surface area (Å²) in [6, 6.07) is 6.64. The van der Waals surface area contributed by atoms with Crippen molar-refractivity contribution in [3.05, 3.63) is 23.8 Å². The van der Waals surface area contributed by atoms with E-state index >= 15 is 0 Å². The van der Waals surface area contributed by atoms with Crippen molar-refractivity contribution in [2.24, 2.45) is 0 Å². The number of carbonyl (C=O) groups is 1. The molecule has 2 aliphatic rings. The topological polar surface area (TPSA) is 32.8 Å². The number of hydrogen-bond acceptors (Lipinski definition) is 4. The number of hydrogen-bond donors (Lipinski definition) is 0. The Labute approximate surface area is 124 Å². The fourth-order valence-corrected chi connectivity index (χ4v) is 3.67. The molecule has 0 N–H and O–H groups in total. The predicted octanol–water partition coefficient (Wildman–Crippen LogP) is 1.98. The lowest BCUT2D eigenvalue weighted by Gasteiger charge is -2.29. The van der Waals surface area contributed by atoms with Gasteiger partial charge in [-0.3, -0.25) is 4.79 Å². The van der Waals surface area contributed by atoms with Gasteiger partial charge >= 0.3 is 0 Å². The number of rotatable bonds is 1. The molecule has 3 rings (SSSR count). The predicted molar refractivity (Wildman–Crippen MR) is 81.3 cm³/mol. The second-order valence-corrected chi connectivity index (χ2v) is 6.32. The molecule has 5 heteroatoms. The van der Waals surface area contributed by atoms with E-state index in [9.17, 15) is 4.79 Å². The monoisotopic (exact) mass is 292 g/mol. The van der Waals surface area contributed by atoms with Crippen LogP contribution in [0.5, 0.6) is 0 Å². The zero-order valence-electron chi connectivity index (χ0n) is 11.8. The minimum absolute atomic E-state index is 0.162. The van der Waals surface area contributed by atoms with Gasteiger partial charge in [-0.25, -0.2) is 0 Å². The van der Waals surface area contributed by atoms with Crippen LogP contribution >= 0.6 is 11.8 Å². The lowest BCUT2D eigenvalue weighted by atomic mass is 10.1. The van der Waals surface area contributed by atoms with Crippen LogP contribution in [0.2, 0.25) is 0 Å². The number of carbonyl (C=O) groups excluding carboxylic acids is 1. The first kappa shape index (κ1) is 13.8. The second kappa shape index (κ2) is 6.06. The summed E-state index contributed by atoms with van der Waals surface area (Å²) in [7, 11) is 0. The summed E-state index contributed by atoms with van der Waals surface area (Å²) in [6.07, 6.45) is 0. The van der Waals surface area contributed by atoms with E-state index in [0.717, 1.165) is 45.1 Å². The Hall–Kier alpha value is -1.20. The van der Waals surface area contributed by atoms with Crippen LogP contribution in [0, 0.1) is 0 Å². The quantitative estimate of drug-likeness (QED) is 0.792. The summed E-state index contributed by atoms with van der Waals surface area (Å²) >= 11 is 1.85. The number of nitrogens with zero attached hydrogens (tertiary/aromatic N) is 2. The number of thioether (sulfide) groups is 1. The molecule has 108 valence electrons. The molecule has 20 heavy (non-hydrogen) atoms. The SMILES string of the molecule is CC(=O)N1CCSc2ccc(N3CCOCC3)cc2C1. The van der Waals surface area contributed by atoms with E-state index in [1.807, 2.05) is 16.7 Å². The van der Waals surface area contributed by atoms with Gasteiger partial charge < -0.3 is 14.5 Å². The molecule has 0 aliphatic carbocycles. The molecule has 4 nitrogen and oxygen atoms in total. The molecule has 1 aromatic carbocycles. The van der Waals surface area contributed by atoms with Crippen LogP contribution in [0.3, 0.4) is 0 Å². The number of amides is 1. The third kappa shape index (κ3) is 2.94. The van der Waals surface area contributed by atoms with Gasteiger partial charge in [-0.15, -0.1) is 11.8 Å². The molecule has 0 unspecified atom stereocenters. The Morgan fingerprint density at radius 3 is 2.80 bits per heavy atom. The first-order valence-electron chi connectivity index (χ1n) is 7.08. The van der Waals surface area contributed by atoms with Crippen molar-refractivity contribution >= 4 is 23.4 Å². The highest BCUT2D eigenvalue weighted by Gasteiger charge is 2.19. The maximum Gasteiger partial charge on any atom is 0.219 e. The Morgan fingerprint density at radius 2 is 2.05 bits per heavy atom. The maximum atomic E-state index is 11.6. The summed E-state index contributed by atoms with van der Waals surface area (Å²) in [6.45, 7) is 6.71. The lowest BCUT2D eigenvalue weighted by Crippen LogP contribution is -2.36. The van der Waals surface area contributed by atoms with Crippen molar-refractivity contribution in [1.29, 1.82) is 0 Å². The van der Waals surface area contributed by atoms with Crippen LogP contribution in [0.15, 0.2) is 23.1 Å². The zero-order valence-corrected chi connectivity index (χ0v) is 12.6. The summed E-state index contributed by atoms with van der Waals surface area (Å²) in [4.78, 5) is 17.2. The molecule has 0 radical (unpaired) electrons. The van der Waals surface area contributed by atoms with Crippen LogP contribution in [-0.4, -0.2) is 49.4 Å². The second-order valence-electron chi connectivity index (χ2n) is 5.18. The van der Waals surface area contributed by atoms with Crippen LogP contribution in [0.4, 0.5) is 5.69 Å². The van der Waals surface area contributed by atoms with Crippen molar-refractivity contribution < 1.29 is 9.53 Å². The Balaban J connectivity index is 1.84. The fourth-order valence-electron chi connectivity index (χ4n) is 2.67. The molecule has 0 atom stereocenters. The average Bonchev–Trinajstić information content (AvgIpc) is 2.69. The van der Waals surface area contributed by atoms with Crippen molar-refractivity contribution in [2.75, 3.05) is 43.5 Å². The molecule has 0 bridgehead atoms. The lowest BCUT2D eigenvalue weighted by molar-refractivity contribution is -0.129. The molecular formula is C15H20N2O2S. The highest BCUT2D eigenvalue weighted by atomic mass is 32.2. The van der Waals surface area contributed by atoms with Crippen molar-refractivity contribution in [3.63, 3.8) is 0 Å². The molecule has 0 saturated carbocycles. The summed E-state index contributed by atoms with van der Waals surface area (Å²) in [5.41, 5.74) is 2.52. The molecular weight excluding hydrogens is 272 g/mol. The number of benzene rings is 1. The van der Waals surface area contributed by atoms with E-state index in [-0.39, 0.29) is 5.91 Å². The van der Waals surface area contributed by atoms with Crippen LogP contribution in [-0.2, 0) is 16.1 Å². The van der Waals surface area contributed by atoms with E-state index in [1.54, 1.807) is 6.92 Å². The highest BCUT2D eigenvalue weighted by Crippen LogP contribution is 2.31. The first-order chi connectivity index (χ1) is 9.74. The van der Waals surface area contributed by atoms with Crippen LogP contribution < -0.4 is 4.90 Å². The fraction of sp³-hybridized carbons (Fsp3) is 0.533. The average molecular weight is 292 g/mol. The van der Waals surface area contributed by atoms with Gasteiger partial charge in [-0.1, -0.05) is 0 Å². The zero-order chi connectivity index (χ0) is 13.9. The van der Waals surface area contributed by atoms with E-state index < -0.39 is 0 Å². The minimum Gasteiger partial charge on any atom is -0.378 e. The third-order valence-corrected chi connectivity index (χ3v) is 4.94. The van der Waals surface area contributed by atoms with Crippen molar-refractivity contribution in [3.8, 4) is 0 Å². The van der Waals surface area contributed by atoms with E-state index in [0.29, 0.717) is 0 Å².